The maximum absolute atomic E-state index is 10.5. The van der Waals surface area contributed by atoms with Gasteiger partial charge in [0.1, 0.15) is 12.1 Å². The van der Waals surface area contributed by atoms with Crippen LogP contribution in [-0.2, 0) is 9.59 Å². The van der Waals surface area contributed by atoms with Crippen molar-refractivity contribution in [2.45, 2.75) is 24.9 Å². The zero-order valence-corrected chi connectivity index (χ0v) is 11.5. The molecule has 1 fully saturated rings. The predicted octanol–water partition coefficient (Wildman–Crippen LogP) is 0.367. The van der Waals surface area contributed by atoms with E-state index in [4.69, 9.17) is 15.3 Å². The van der Waals surface area contributed by atoms with E-state index in [-0.39, 0.29) is 6.04 Å². The SMILES string of the molecule is O=C(O)C(CO)Nc1ccccc1.O=C(O)[C@@H]1CCCN1. The molecule has 1 aliphatic heterocycles. The number of anilines is 1. The van der Waals surface area contributed by atoms with Crippen molar-refractivity contribution in [3.63, 3.8) is 0 Å². The van der Waals surface area contributed by atoms with E-state index in [1.54, 1.807) is 24.3 Å². The number of aliphatic hydroxyl groups excluding tert-OH is 1. The van der Waals surface area contributed by atoms with Crippen LogP contribution in [0.15, 0.2) is 30.3 Å². The molecule has 0 radical (unpaired) electrons. The summed E-state index contributed by atoms with van der Waals surface area (Å²) in [6, 6.07) is 7.69. The number of carboxylic acids is 2. The second-order valence-corrected chi connectivity index (χ2v) is 4.57. The lowest BCUT2D eigenvalue weighted by molar-refractivity contribution is -0.139. The standard InChI is InChI=1S/C9H11NO3.C5H9NO2/c11-6-8(9(12)13)10-7-4-2-1-3-5-7;7-5(8)4-2-1-3-6-4/h1-5,8,10-11H,6H2,(H,12,13);4,6H,1-3H2,(H,7,8)/t;4-/m.0/s1. The molecule has 0 bridgehead atoms. The number of hydrogen-bond acceptors (Lipinski definition) is 5. The number of carbonyl (C=O) groups is 2. The molecule has 2 rings (SSSR count). The molecule has 21 heavy (non-hydrogen) atoms. The number of aliphatic carboxylic acids is 2. The Morgan fingerprint density at radius 3 is 2.33 bits per heavy atom. The first-order chi connectivity index (χ1) is 10.0. The lowest BCUT2D eigenvalue weighted by atomic mass is 10.2. The molecular formula is C14H20N2O5. The Labute approximate surface area is 122 Å². The fourth-order valence-corrected chi connectivity index (χ4v) is 1.82. The smallest absolute Gasteiger partial charge is 0.328 e. The molecule has 0 saturated carbocycles. The van der Waals surface area contributed by atoms with Gasteiger partial charge in [-0.05, 0) is 31.5 Å². The van der Waals surface area contributed by atoms with Crippen LogP contribution in [0.2, 0.25) is 0 Å². The summed E-state index contributed by atoms with van der Waals surface area (Å²) in [7, 11) is 0. The van der Waals surface area contributed by atoms with Gasteiger partial charge in [-0.25, -0.2) is 4.79 Å². The van der Waals surface area contributed by atoms with Gasteiger partial charge in [0.2, 0.25) is 0 Å². The van der Waals surface area contributed by atoms with Crippen molar-refractivity contribution in [2.75, 3.05) is 18.5 Å². The second-order valence-electron chi connectivity index (χ2n) is 4.57. The fourth-order valence-electron chi connectivity index (χ4n) is 1.82. The van der Waals surface area contributed by atoms with Crippen LogP contribution in [-0.4, -0.2) is 52.5 Å². The van der Waals surface area contributed by atoms with Crippen molar-refractivity contribution < 1.29 is 24.9 Å². The van der Waals surface area contributed by atoms with E-state index in [0.29, 0.717) is 5.69 Å². The number of benzene rings is 1. The van der Waals surface area contributed by atoms with Gasteiger partial charge in [-0.15, -0.1) is 0 Å². The number of para-hydroxylation sites is 1. The van der Waals surface area contributed by atoms with E-state index < -0.39 is 24.6 Å². The van der Waals surface area contributed by atoms with Crippen molar-refractivity contribution in [1.82, 2.24) is 5.32 Å². The van der Waals surface area contributed by atoms with Crippen LogP contribution >= 0.6 is 0 Å². The summed E-state index contributed by atoms with van der Waals surface area (Å²) in [5.74, 6) is -1.78. The molecule has 1 aromatic carbocycles. The molecule has 0 aliphatic carbocycles. The lowest BCUT2D eigenvalue weighted by Gasteiger charge is -2.12. The van der Waals surface area contributed by atoms with Crippen molar-refractivity contribution >= 4 is 17.6 Å². The Morgan fingerprint density at radius 2 is 1.95 bits per heavy atom. The van der Waals surface area contributed by atoms with Gasteiger partial charge in [0.15, 0.2) is 0 Å². The Balaban J connectivity index is 0.000000235. The largest absolute Gasteiger partial charge is 0.480 e. The number of aliphatic hydroxyl groups is 1. The number of carboxylic acid groups (broad SMARTS) is 2. The average molecular weight is 296 g/mol. The molecule has 116 valence electrons. The van der Waals surface area contributed by atoms with Gasteiger partial charge in [0.05, 0.1) is 6.61 Å². The maximum Gasteiger partial charge on any atom is 0.328 e. The van der Waals surface area contributed by atoms with E-state index in [9.17, 15) is 9.59 Å². The van der Waals surface area contributed by atoms with Gasteiger partial charge in [-0.2, -0.15) is 0 Å². The third kappa shape index (κ3) is 6.24. The molecular weight excluding hydrogens is 276 g/mol. The van der Waals surface area contributed by atoms with Crippen LogP contribution in [0, 0.1) is 0 Å². The summed E-state index contributed by atoms with van der Waals surface area (Å²) in [4.78, 5) is 20.7. The average Bonchev–Trinajstić information content (AvgIpc) is 3.00. The molecule has 2 atom stereocenters. The molecule has 1 unspecified atom stereocenters. The zero-order chi connectivity index (χ0) is 15.7. The molecule has 1 aromatic rings. The third-order valence-corrected chi connectivity index (χ3v) is 2.95. The first-order valence-electron chi connectivity index (χ1n) is 6.66. The van der Waals surface area contributed by atoms with Crippen LogP contribution in [0.4, 0.5) is 5.69 Å². The van der Waals surface area contributed by atoms with Crippen LogP contribution in [0.25, 0.3) is 0 Å². The summed E-state index contributed by atoms with van der Waals surface area (Å²) in [5.41, 5.74) is 0.684. The van der Waals surface area contributed by atoms with Crippen LogP contribution < -0.4 is 10.6 Å². The zero-order valence-electron chi connectivity index (χ0n) is 11.5. The van der Waals surface area contributed by atoms with Crippen molar-refractivity contribution in [3.8, 4) is 0 Å². The molecule has 7 heteroatoms. The monoisotopic (exact) mass is 296 g/mol. The minimum atomic E-state index is -1.06. The molecule has 7 nitrogen and oxygen atoms in total. The molecule has 0 spiro atoms. The molecule has 1 aliphatic rings. The van der Waals surface area contributed by atoms with E-state index in [1.807, 2.05) is 6.07 Å². The summed E-state index contributed by atoms with van der Waals surface area (Å²) in [6.07, 6.45) is 1.78. The van der Waals surface area contributed by atoms with E-state index in [1.165, 1.54) is 0 Å². The van der Waals surface area contributed by atoms with Gasteiger partial charge < -0.3 is 26.0 Å². The molecule has 0 aromatic heterocycles. The number of rotatable bonds is 5. The predicted molar refractivity (Wildman–Crippen MR) is 77.2 cm³/mol. The van der Waals surface area contributed by atoms with Crippen LogP contribution in [0.1, 0.15) is 12.8 Å². The van der Waals surface area contributed by atoms with Gasteiger partial charge in [-0.3, -0.25) is 4.79 Å². The quantitative estimate of drug-likeness (QED) is 0.532. The highest BCUT2D eigenvalue weighted by atomic mass is 16.4. The van der Waals surface area contributed by atoms with Crippen molar-refractivity contribution in [1.29, 1.82) is 0 Å². The summed E-state index contributed by atoms with van der Waals surface area (Å²) in [6.45, 7) is 0.432. The van der Waals surface area contributed by atoms with E-state index in [2.05, 4.69) is 10.6 Å². The fraction of sp³-hybridized carbons (Fsp3) is 0.429. The summed E-state index contributed by atoms with van der Waals surface area (Å²) >= 11 is 0. The highest BCUT2D eigenvalue weighted by Gasteiger charge is 2.20. The first-order valence-corrected chi connectivity index (χ1v) is 6.66. The Bertz CT molecular complexity index is 446. The Hall–Kier alpha value is -2.12. The Morgan fingerprint density at radius 1 is 1.29 bits per heavy atom. The van der Waals surface area contributed by atoms with Crippen molar-refractivity contribution in [3.05, 3.63) is 30.3 Å². The lowest BCUT2D eigenvalue weighted by Crippen LogP contribution is -2.32. The second kappa shape index (κ2) is 8.93. The highest BCUT2D eigenvalue weighted by molar-refractivity contribution is 5.77. The van der Waals surface area contributed by atoms with Gasteiger partial charge in [0, 0.05) is 5.69 Å². The molecule has 1 heterocycles. The summed E-state index contributed by atoms with van der Waals surface area (Å²) < 4.78 is 0. The van der Waals surface area contributed by atoms with Gasteiger partial charge in [-0.1, -0.05) is 18.2 Å². The maximum atomic E-state index is 10.5. The third-order valence-electron chi connectivity index (χ3n) is 2.95. The topological polar surface area (TPSA) is 119 Å². The highest BCUT2D eigenvalue weighted by Crippen LogP contribution is 2.06. The normalized spacial score (nSPS) is 18.2. The van der Waals surface area contributed by atoms with E-state index in [0.717, 1.165) is 19.4 Å². The van der Waals surface area contributed by atoms with Crippen LogP contribution in [0.5, 0.6) is 0 Å². The Kier molecular flexibility index (Phi) is 7.20. The first kappa shape index (κ1) is 16.9. The van der Waals surface area contributed by atoms with Crippen LogP contribution in [0.3, 0.4) is 0 Å². The molecule has 1 saturated heterocycles. The van der Waals surface area contributed by atoms with Crippen molar-refractivity contribution in [2.24, 2.45) is 0 Å². The van der Waals surface area contributed by atoms with Gasteiger partial charge >= 0.3 is 11.9 Å². The van der Waals surface area contributed by atoms with Gasteiger partial charge in [0.25, 0.3) is 0 Å². The number of nitrogens with one attached hydrogen (secondary N) is 2. The molecule has 0 amide bonds. The number of hydrogen-bond donors (Lipinski definition) is 5. The summed E-state index contributed by atoms with van der Waals surface area (Å²) in [5, 5.41) is 31.2. The molecule has 5 N–H and O–H groups in total. The van der Waals surface area contributed by atoms with E-state index >= 15 is 0 Å². The minimum absolute atomic E-state index is 0.269. The minimum Gasteiger partial charge on any atom is -0.480 e.